The summed E-state index contributed by atoms with van der Waals surface area (Å²) >= 11 is 1.66. The monoisotopic (exact) mass is 292 g/mol. The number of nitrogens with one attached hydrogen (secondary N) is 1. The second-order valence-electron chi connectivity index (χ2n) is 5.06. The van der Waals surface area contributed by atoms with E-state index in [0.29, 0.717) is 0 Å². The van der Waals surface area contributed by atoms with Crippen LogP contribution >= 0.6 is 11.3 Å². The Hall–Kier alpha value is -1.40. The number of rotatable bonds is 4. The van der Waals surface area contributed by atoms with E-state index in [1.807, 2.05) is 0 Å². The number of hydrogen-bond acceptors (Lipinski definition) is 6. The Bertz CT molecular complexity index is 586. The molecule has 2 aromatic heterocycles. The highest BCUT2D eigenvalue weighted by Crippen LogP contribution is 2.30. The van der Waals surface area contributed by atoms with Crippen LogP contribution in [0.1, 0.15) is 20.3 Å². The summed E-state index contributed by atoms with van der Waals surface area (Å²) in [6.07, 6.45) is 1.31. The predicted molar refractivity (Wildman–Crippen MR) is 83.8 cm³/mol. The lowest BCUT2D eigenvalue weighted by molar-refractivity contribution is 0.0530. The molecule has 1 fully saturated rings. The lowest BCUT2D eigenvalue weighted by Gasteiger charge is -2.32. The van der Waals surface area contributed by atoms with Gasteiger partial charge in [-0.05, 0) is 24.8 Å². The van der Waals surface area contributed by atoms with Gasteiger partial charge in [0.25, 0.3) is 0 Å². The number of thiophene rings is 1. The zero-order chi connectivity index (χ0) is 13.9. The quantitative estimate of drug-likeness (QED) is 0.939. The van der Waals surface area contributed by atoms with E-state index in [0.717, 1.165) is 54.6 Å². The SMILES string of the molecule is CCCNc1nc(N2CCOC(C)C2)c2ccsc2n1. The summed E-state index contributed by atoms with van der Waals surface area (Å²) in [7, 11) is 0. The van der Waals surface area contributed by atoms with E-state index in [4.69, 9.17) is 9.72 Å². The van der Waals surface area contributed by atoms with Gasteiger partial charge in [0.05, 0.1) is 18.1 Å². The fourth-order valence-electron chi connectivity index (χ4n) is 2.41. The van der Waals surface area contributed by atoms with E-state index in [1.165, 1.54) is 0 Å². The second-order valence-corrected chi connectivity index (χ2v) is 5.96. The van der Waals surface area contributed by atoms with Gasteiger partial charge in [0.1, 0.15) is 10.6 Å². The highest BCUT2D eigenvalue weighted by molar-refractivity contribution is 7.16. The Morgan fingerprint density at radius 2 is 2.40 bits per heavy atom. The Labute approximate surface area is 123 Å². The van der Waals surface area contributed by atoms with E-state index < -0.39 is 0 Å². The van der Waals surface area contributed by atoms with Crippen LogP contribution in [0.5, 0.6) is 0 Å². The number of hydrogen-bond donors (Lipinski definition) is 1. The molecule has 1 saturated heterocycles. The first-order chi connectivity index (χ1) is 9.78. The zero-order valence-electron chi connectivity index (χ0n) is 11.9. The van der Waals surface area contributed by atoms with Crippen molar-refractivity contribution < 1.29 is 4.74 Å². The average molecular weight is 292 g/mol. The molecule has 0 aliphatic carbocycles. The number of fused-ring (bicyclic) bond motifs is 1. The minimum atomic E-state index is 0.249. The normalized spacial score (nSPS) is 19.5. The molecule has 3 rings (SSSR count). The van der Waals surface area contributed by atoms with Crippen molar-refractivity contribution in [3.05, 3.63) is 11.4 Å². The molecule has 6 heteroatoms. The van der Waals surface area contributed by atoms with Crippen molar-refractivity contribution in [2.24, 2.45) is 0 Å². The fraction of sp³-hybridized carbons (Fsp3) is 0.571. The van der Waals surface area contributed by atoms with Crippen LogP contribution in [0.15, 0.2) is 11.4 Å². The van der Waals surface area contributed by atoms with Crippen LogP contribution in [-0.2, 0) is 4.74 Å². The van der Waals surface area contributed by atoms with E-state index in [9.17, 15) is 0 Å². The molecule has 5 nitrogen and oxygen atoms in total. The molecular formula is C14H20N4OS. The van der Waals surface area contributed by atoms with E-state index in [1.54, 1.807) is 11.3 Å². The third kappa shape index (κ3) is 2.71. The van der Waals surface area contributed by atoms with Gasteiger partial charge in [0.2, 0.25) is 5.95 Å². The molecule has 1 aliphatic heterocycles. The minimum Gasteiger partial charge on any atom is -0.375 e. The first kappa shape index (κ1) is 13.6. The summed E-state index contributed by atoms with van der Waals surface area (Å²) < 4.78 is 5.62. The van der Waals surface area contributed by atoms with Gasteiger partial charge < -0.3 is 15.0 Å². The van der Waals surface area contributed by atoms with Crippen molar-refractivity contribution in [2.45, 2.75) is 26.4 Å². The van der Waals surface area contributed by atoms with Crippen molar-refractivity contribution in [3.63, 3.8) is 0 Å². The number of aromatic nitrogens is 2. The maximum absolute atomic E-state index is 5.62. The lowest BCUT2D eigenvalue weighted by Crippen LogP contribution is -2.41. The van der Waals surface area contributed by atoms with Crippen LogP contribution in [0, 0.1) is 0 Å². The van der Waals surface area contributed by atoms with Gasteiger partial charge in [-0.2, -0.15) is 4.98 Å². The number of nitrogens with zero attached hydrogens (tertiary/aromatic N) is 3. The second kappa shape index (κ2) is 5.93. The van der Waals surface area contributed by atoms with Crippen molar-refractivity contribution >= 4 is 33.3 Å². The largest absolute Gasteiger partial charge is 0.375 e. The molecule has 0 spiro atoms. The van der Waals surface area contributed by atoms with Gasteiger partial charge in [0, 0.05) is 19.6 Å². The third-order valence-electron chi connectivity index (χ3n) is 3.38. The number of anilines is 2. The molecule has 0 aromatic carbocycles. The highest BCUT2D eigenvalue weighted by Gasteiger charge is 2.21. The van der Waals surface area contributed by atoms with Crippen LogP contribution in [0.2, 0.25) is 0 Å². The third-order valence-corrected chi connectivity index (χ3v) is 4.19. The van der Waals surface area contributed by atoms with Crippen LogP contribution < -0.4 is 10.2 Å². The summed E-state index contributed by atoms with van der Waals surface area (Å²) in [5.41, 5.74) is 0. The first-order valence-corrected chi connectivity index (χ1v) is 8.01. The number of ether oxygens (including phenoxy) is 1. The summed E-state index contributed by atoms with van der Waals surface area (Å²) in [5.74, 6) is 1.76. The zero-order valence-corrected chi connectivity index (χ0v) is 12.7. The van der Waals surface area contributed by atoms with Gasteiger partial charge in [-0.3, -0.25) is 0 Å². The maximum atomic E-state index is 5.62. The lowest BCUT2D eigenvalue weighted by atomic mass is 10.2. The summed E-state index contributed by atoms with van der Waals surface area (Å²) in [6.45, 7) is 7.68. The van der Waals surface area contributed by atoms with Crippen LogP contribution in [-0.4, -0.2) is 42.3 Å². The molecule has 20 heavy (non-hydrogen) atoms. The van der Waals surface area contributed by atoms with Gasteiger partial charge in [0.15, 0.2) is 0 Å². The molecule has 1 N–H and O–H groups in total. The summed E-state index contributed by atoms with van der Waals surface area (Å²) in [5, 5.41) is 6.52. The van der Waals surface area contributed by atoms with Crippen LogP contribution in [0.4, 0.5) is 11.8 Å². The van der Waals surface area contributed by atoms with Crippen molar-refractivity contribution in [1.82, 2.24) is 9.97 Å². The molecule has 0 amide bonds. The van der Waals surface area contributed by atoms with Gasteiger partial charge in [-0.25, -0.2) is 4.98 Å². The smallest absolute Gasteiger partial charge is 0.226 e. The molecule has 1 aliphatic rings. The number of morpholine rings is 1. The topological polar surface area (TPSA) is 50.3 Å². The van der Waals surface area contributed by atoms with Gasteiger partial charge >= 0.3 is 0 Å². The van der Waals surface area contributed by atoms with Gasteiger partial charge in [-0.1, -0.05) is 6.92 Å². The van der Waals surface area contributed by atoms with Crippen molar-refractivity contribution in [3.8, 4) is 0 Å². The molecule has 0 saturated carbocycles. The predicted octanol–water partition coefficient (Wildman–Crippen LogP) is 2.74. The Balaban J connectivity index is 1.96. The Kier molecular flexibility index (Phi) is 4.03. The molecule has 2 aromatic rings. The molecule has 108 valence electrons. The van der Waals surface area contributed by atoms with E-state index in [-0.39, 0.29) is 6.10 Å². The van der Waals surface area contributed by atoms with Crippen LogP contribution in [0.25, 0.3) is 10.2 Å². The molecule has 3 heterocycles. The van der Waals surface area contributed by atoms with Gasteiger partial charge in [-0.15, -0.1) is 11.3 Å². The minimum absolute atomic E-state index is 0.249. The van der Waals surface area contributed by atoms with Crippen molar-refractivity contribution in [2.75, 3.05) is 36.5 Å². The highest BCUT2D eigenvalue weighted by atomic mass is 32.1. The molecule has 1 atom stereocenters. The molecule has 1 unspecified atom stereocenters. The molecule has 0 bridgehead atoms. The Morgan fingerprint density at radius 1 is 1.50 bits per heavy atom. The van der Waals surface area contributed by atoms with E-state index in [2.05, 4.69) is 40.5 Å². The fourth-order valence-corrected chi connectivity index (χ4v) is 3.17. The standard InChI is InChI=1S/C14H20N4OS/c1-3-5-15-14-16-12(11-4-8-20-13(11)17-14)18-6-7-19-10(2)9-18/h4,8,10H,3,5-7,9H2,1-2H3,(H,15,16,17). The van der Waals surface area contributed by atoms with E-state index >= 15 is 0 Å². The van der Waals surface area contributed by atoms with Crippen molar-refractivity contribution in [1.29, 1.82) is 0 Å². The van der Waals surface area contributed by atoms with Crippen LogP contribution in [0.3, 0.4) is 0 Å². The Morgan fingerprint density at radius 3 is 3.20 bits per heavy atom. The first-order valence-electron chi connectivity index (χ1n) is 7.13. The summed E-state index contributed by atoms with van der Waals surface area (Å²) in [6, 6.07) is 2.11. The molecule has 0 radical (unpaired) electrons. The summed E-state index contributed by atoms with van der Waals surface area (Å²) in [4.78, 5) is 12.7. The average Bonchev–Trinajstić information content (AvgIpc) is 2.92. The maximum Gasteiger partial charge on any atom is 0.226 e. The molecular weight excluding hydrogens is 272 g/mol.